The average molecular weight is 455 g/mol. The van der Waals surface area contributed by atoms with Gasteiger partial charge in [-0.25, -0.2) is 4.98 Å². The number of benzene rings is 1. The van der Waals surface area contributed by atoms with E-state index in [1.807, 2.05) is 20.8 Å². The summed E-state index contributed by atoms with van der Waals surface area (Å²) in [6.07, 6.45) is 3.12. The van der Waals surface area contributed by atoms with Crippen molar-refractivity contribution in [1.29, 1.82) is 0 Å². The number of nitrogens with one attached hydrogen (secondary N) is 1. The van der Waals surface area contributed by atoms with Crippen molar-refractivity contribution in [3.63, 3.8) is 0 Å². The highest BCUT2D eigenvalue weighted by Gasteiger charge is 2.38. The fourth-order valence-electron chi connectivity index (χ4n) is 4.20. The Morgan fingerprint density at radius 3 is 2.59 bits per heavy atom. The molecule has 2 aliphatic heterocycles. The highest BCUT2D eigenvalue weighted by Crippen LogP contribution is 2.29. The molecule has 0 radical (unpaired) electrons. The zero-order valence-electron chi connectivity index (χ0n) is 19.1. The maximum absolute atomic E-state index is 12.9. The average Bonchev–Trinajstić information content (AvgIpc) is 3.24. The van der Waals surface area contributed by atoms with Crippen molar-refractivity contribution in [3.05, 3.63) is 45.5 Å². The van der Waals surface area contributed by atoms with Gasteiger partial charge in [0.05, 0.1) is 16.8 Å². The summed E-state index contributed by atoms with van der Waals surface area (Å²) >= 11 is 1.50. The van der Waals surface area contributed by atoms with Crippen LogP contribution in [0.4, 0.5) is 5.13 Å². The maximum Gasteiger partial charge on any atom is 0.261 e. The van der Waals surface area contributed by atoms with E-state index in [2.05, 4.69) is 22.1 Å². The Morgan fingerprint density at radius 1 is 1.22 bits per heavy atom. The normalized spacial score (nSPS) is 18.2. The second-order valence-corrected chi connectivity index (χ2v) is 10.0. The Morgan fingerprint density at radius 2 is 1.91 bits per heavy atom. The van der Waals surface area contributed by atoms with Crippen molar-refractivity contribution in [2.45, 2.75) is 59.5 Å². The highest BCUT2D eigenvalue weighted by molar-refractivity contribution is 7.15. The van der Waals surface area contributed by atoms with Gasteiger partial charge in [0.2, 0.25) is 0 Å². The molecule has 1 atom stereocenters. The van der Waals surface area contributed by atoms with Crippen LogP contribution < -0.4 is 5.32 Å². The Kier molecular flexibility index (Phi) is 6.44. The highest BCUT2D eigenvalue weighted by atomic mass is 32.1. The van der Waals surface area contributed by atoms with E-state index in [1.165, 1.54) is 35.1 Å². The van der Waals surface area contributed by atoms with E-state index in [9.17, 15) is 14.4 Å². The minimum Gasteiger partial charge on any atom is -0.298 e. The summed E-state index contributed by atoms with van der Waals surface area (Å²) in [6.45, 7) is 11.1. The summed E-state index contributed by atoms with van der Waals surface area (Å²) in [7, 11) is 0. The molecule has 1 unspecified atom stereocenters. The lowest BCUT2D eigenvalue weighted by Crippen LogP contribution is -2.37. The minimum atomic E-state index is -0.336. The summed E-state index contributed by atoms with van der Waals surface area (Å²) < 4.78 is 0. The molecule has 32 heavy (non-hydrogen) atoms. The number of hydrogen-bond acceptors (Lipinski definition) is 6. The van der Waals surface area contributed by atoms with Crippen LogP contribution in [-0.2, 0) is 6.54 Å². The second kappa shape index (κ2) is 9.11. The predicted octanol–water partition coefficient (Wildman–Crippen LogP) is 4.33. The van der Waals surface area contributed by atoms with Gasteiger partial charge in [-0.1, -0.05) is 13.8 Å². The van der Waals surface area contributed by atoms with Gasteiger partial charge in [0.25, 0.3) is 17.7 Å². The number of aryl methyl sites for hydroxylation is 1. The van der Waals surface area contributed by atoms with Crippen LogP contribution in [0.3, 0.4) is 0 Å². The fourth-order valence-corrected chi connectivity index (χ4v) is 5.20. The van der Waals surface area contributed by atoms with E-state index in [-0.39, 0.29) is 23.8 Å². The third-order valence-corrected chi connectivity index (χ3v) is 7.63. The van der Waals surface area contributed by atoms with E-state index in [0.717, 1.165) is 36.1 Å². The van der Waals surface area contributed by atoms with Gasteiger partial charge < -0.3 is 0 Å². The van der Waals surface area contributed by atoms with Gasteiger partial charge in [-0.15, -0.1) is 11.3 Å². The van der Waals surface area contributed by atoms with Crippen LogP contribution in [0.1, 0.15) is 81.7 Å². The van der Waals surface area contributed by atoms with Gasteiger partial charge >= 0.3 is 0 Å². The summed E-state index contributed by atoms with van der Waals surface area (Å²) in [4.78, 5) is 47.6. The number of aromatic nitrogens is 1. The Balaban J connectivity index is 1.46. The molecule has 1 N–H and O–H groups in total. The van der Waals surface area contributed by atoms with E-state index >= 15 is 0 Å². The topological polar surface area (TPSA) is 82.6 Å². The Hall–Kier alpha value is -2.58. The predicted molar refractivity (Wildman–Crippen MR) is 125 cm³/mol. The van der Waals surface area contributed by atoms with Crippen LogP contribution in [-0.4, -0.2) is 51.6 Å². The fraction of sp³-hybridized carbons (Fsp3) is 0.500. The summed E-state index contributed by atoms with van der Waals surface area (Å²) in [6, 6.07) is 4.50. The van der Waals surface area contributed by atoms with Crippen molar-refractivity contribution in [2.75, 3.05) is 18.4 Å². The van der Waals surface area contributed by atoms with E-state index in [1.54, 1.807) is 12.1 Å². The van der Waals surface area contributed by atoms with Crippen LogP contribution in [0.5, 0.6) is 0 Å². The van der Waals surface area contributed by atoms with Crippen molar-refractivity contribution in [3.8, 4) is 0 Å². The van der Waals surface area contributed by atoms with Crippen LogP contribution in [0.25, 0.3) is 0 Å². The first-order chi connectivity index (χ1) is 15.3. The van der Waals surface area contributed by atoms with Crippen molar-refractivity contribution in [1.82, 2.24) is 14.8 Å². The number of amides is 3. The molecular weight excluding hydrogens is 424 g/mol. The SMILES string of the molecule is CCC(C)N1C(=O)c2ccc(C(=O)Nc3nc(C)c(CN4CCC(C)CC4)s3)cc2C1=O. The lowest BCUT2D eigenvalue weighted by Gasteiger charge is -2.29. The number of rotatable bonds is 6. The van der Waals surface area contributed by atoms with Crippen molar-refractivity contribution in [2.24, 2.45) is 5.92 Å². The maximum atomic E-state index is 12.9. The molecule has 0 bridgehead atoms. The van der Waals surface area contributed by atoms with E-state index in [0.29, 0.717) is 28.2 Å². The molecule has 7 nitrogen and oxygen atoms in total. The zero-order valence-corrected chi connectivity index (χ0v) is 19.9. The van der Waals surface area contributed by atoms with Gasteiger partial charge in [0, 0.05) is 23.0 Å². The summed E-state index contributed by atoms with van der Waals surface area (Å²) in [5.74, 6) is -0.173. The molecule has 170 valence electrons. The third-order valence-electron chi connectivity index (χ3n) is 6.57. The molecular formula is C24H30N4O3S. The molecule has 2 aromatic rings. The van der Waals surface area contributed by atoms with Gasteiger partial charge in [-0.3, -0.25) is 29.5 Å². The molecule has 0 spiro atoms. The first-order valence-electron chi connectivity index (χ1n) is 11.3. The molecule has 1 fully saturated rings. The number of carbonyl (C=O) groups is 3. The number of imide groups is 1. The third kappa shape index (κ3) is 4.34. The number of likely N-dealkylation sites (tertiary alicyclic amines) is 1. The van der Waals surface area contributed by atoms with E-state index in [4.69, 9.17) is 0 Å². The number of hydrogen-bond donors (Lipinski definition) is 1. The monoisotopic (exact) mass is 454 g/mol. The molecule has 0 aliphatic carbocycles. The molecule has 3 amide bonds. The lowest BCUT2D eigenvalue weighted by molar-refractivity contribution is 0.0593. The molecule has 1 aromatic heterocycles. The van der Waals surface area contributed by atoms with E-state index < -0.39 is 0 Å². The van der Waals surface area contributed by atoms with Crippen molar-refractivity contribution >= 4 is 34.2 Å². The van der Waals surface area contributed by atoms with Crippen molar-refractivity contribution < 1.29 is 14.4 Å². The number of anilines is 1. The van der Waals surface area contributed by atoms with Crippen LogP contribution in [0.2, 0.25) is 0 Å². The largest absolute Gasteiger partial charge is 0.298 e. The van der Waals surface area contributed by atoms with Crippen LogP contribution in [0.15, 0.2) is 18.2 Å². The zero-order chi connectivity index (χ0) is 23.0. The molecule has 2 aliphatic rings. The molecule has 3 heterocycles. The Bertz CT molecular complexity index is 1060. The smallest absolute Gasteiger partial charge is 0.261 e. The molecule has 8 heteroatoms. The van der Waals surface area contributed by atoms with Gasteiger partial charge in [-0.05, 0) is 70.3 Å². The molecule has 0 saturated carbocycles. The standard InChI is InChI=1S/C24H30N4O3S/c1-5-15(3)28-22(30)18-7-6-17(12-19(18)23(28)31)21(29)26-24-25-16(4)20(32-24)13-27-10-8-14(2)9-11-27/h6-7,12,14-15H,5,8-11,13H2,1-4H3,(H,25,26,29). The van der Waals surface area contributed by atoms with Gasteiger partial charge in [0.1, 0.15) is 0 Å². The molecule has 1 aromatic carbocycles. The second-order valence-electron chi connectivity index (χ2n) is 8.94. The Labute approximate surface area is 192 Å². The quantitative estimate of drug-likeness (QED) is 0.657. The number of piperidine rings is 1. The summed E-state index contributed by atoms with van der Waals surface area (Å²) in [5.41, 5.74) is 1.92. The van der Waals surface area contributed by atoms with Gasteiger partial charge in [0.15, 0.2) is 5.13 Å². The van der Waals surface area contributed by atoms with Crippen LogP contribution >= 0.6 is 11.3 Å². The first-order valence-corrected chi connectivity index (χ1v) is 12.1. The summed E-state index contributed by atoms with van der Waals surface area (Å²) in [5, 5.41) is 3.42. The van der Waals surface area contributed by atoms with Gasteiger partial charge in [-0.2, -0.15) is 0 Å². The number of thiazole rings is 1. The number of nitrogens with zero attached hydrogens (tertiary/aromatic N) is 3. The lowest BCUT2D eigenvalue weighted by atomic mass is 9.99. The molecule has 4 rings (SSSR count). The minimum absolute atomic E-state index is 0.181. The first kappa shape index (κ1) is 22.6. The molecule has 1 saturated heterocycles. The number of carbonyl (C=O) groups excluding carboxylic acids is 3. The number of fused-ring (bicyclic) bond motifs is 1. The van der Waals surface area contributed by atoms with Crippen LogP contribution in [0, 0.1) is 12.8 Å².